The van der Waals surface area contributed by atoms with Crippen molar-refractivity contribution in [2.24, 2.45) is 0 Å². The van der Waals surface area contributed by atoms with E-state index in [1.807, 2.05) is 0 Å². The number of carboxylic acids is 1. The largest absolute Gasteiger partial charge is 0.479 e. The number of carboxylic acid groups (broad SMARTS) is 1. The lowest BCUT2D eigenvalue weighted by molar-refractivity contribution is -0.138. The molecule has 0 saturated carbocycles. The van der Waals surface area contributed by atoms with Crippen LogP contribution in [-0.4, -0.2) is 11.1 Å². The molecule has 0 saturated heterocycles. The molecule has 82 valence electrons. The highest BCUT2D eigenvalue weighted by atomic mass is 35.5. The van der Waals surface area contributed by atoms with Crippen LogP contribution in [0.5, 0.6) is 0 Å². The fourth-order valence-corrected chi connectivity index (χ4v) is 1.97. The molecule has 1 aromatic carbocycles. The van der Waals surface area contributed by atoms with Crippen molar-refractivity contribution in [1.82, 2.24) is 0 Å². The minimum Gasteiger partial charge on any atom is -0.479 e. The number of halogens is 5. The molecule has 1 rings (SSSR count). The summed E-state index contributed by atoms with van der Waals surface area (Å²) in [5, 5.41) is 8.92. The molecule has 2 nitrogen and oxygen atoms in total. The Balaban J connectivity index is 3.40. The summed E-state index contributed by atoms with van der Waals surface area (Å²) in [5.74, 6) is -1.44. The van der Waals surface area contributed by atoms with Gasteiger partial charge in [0, 0.05) is 5.56 Å². The van der Waals surface area contributed by atoms with Crippen LogP contribution in [0.4, 0.5) is 0 Å². The van der Waals surface area contributed by atoms with Crippen LogP contribution < -0.4 is 0 Å². The Morgan fingerprint density at radius 2 is 1.67 bits per heavy atom. The van der Waals surface area contributed by atoms with E-state index in [0.29, 0.717) is 0 Å². The van der Waals surface area contributed by atoms with Crippen LogP contribution in [0.2, 0.25) is 15.1 Å². The molecule has 0 fully saturated rings. The lowest BCUT2D eigenvalue weighted by Gasteiger charge is -2.17. The topological polar surface area (TPSA) is 37.3 Å². The predicted molar refractivity (Wildman–Crippen MR) is 62.5 cm³/mol. The van der Waals surface area contributed by atoms with Crippen molar-refractivity contribution in [2.75, 3.05) is 0 Å². The third-order valence-corrected chi connectivity index (χ3v) is 3.67. The standard InChI is InChI=1S/C8H3Cl5O2/c9-4-2-1-3(5(10)6(4)11)8(12,13)7(14)15/h1-2H,(H,14,15). The van der Waals surface area contributed by atoms with Crippen molar-refractivity contribution in [3.8, 4) is 0 Å². The van der Waals surface area contributed by atoms with Gasteiger partial charge in [-0.05, 0) is 6.07 Å². The SMILES string of the molecule is O=C(O)C(Cl)(Cl)c1ccc(Cl)c(Cl)c1Cl. The Morgan fingerprint density at radius 1 is 1.13 bits per heavy atom. The zero-order valence-electron chi connectivity index (χ0n) is 6.90. The molecule has 1 aromatic rings. The zero-order valence-corrected chi connectivity index (χ0v) is 10.7. The van der Waals surface area contributed by atoms with Gasteiger partial charge in [0.1, 0.15) is 0 Å². The average molecular weight is 308 g/mol. The minimum atomic E-state index is -2.15. The van der Waals surface area contributed by atoms with Gasteiger partial charge in [0.05, 0.1) is 15.1 Å². The van der Waals surface area contributed by atoms with Crippen molar-refractivity contribution >= 4 is 64.0 Å². The highest BCUT2D eigenvalue weighted by Crippen LogP contribution is 2.43. The van der Waals surface area contributed by atoms with E-state index in [2.05, 4.69) is 0 Å². The summed E-state index contributed by atoms with van der Waals surface area (Å²) in [6, 6.07) is 2.68. The highest BCUT2D eigenvalue weighted by Gasteiger charge is 2.38. The smallest absolute Gasteiger partial charge is 0.344 e. The molecule has 0 unspecified atom stereocenters. The van der Waals surface area contributed by atoms with Gasteiger partial charge in [0.2, 0.25) is 4.33 Å². The Kier molecular flexibility index (Phi) is 4.01. The lowest BCUT2D eigenvalue weighted by atomic mass is 10.1. The van der Waals surface area contributed by atoms with E-state index >= 15 is 0 Å². The molecular formula is C8H3Cl5O2. The van der Waals surface area contributed by atoms with Crippen molar-refractivity contribution in [2.45, 2.75) is 4.33 Å². The number of alkyl halides is 2. The van der Waals surface area contributed by atoms with E-state index in [1.54, 1.807) is 0 Å². The summed E-state index contributed by atoms with van der Waals surface area (Å²) in [7, 11) is 0. The second kappa shape index (κ2) is 4.56. The van der Waals surface area contributed by atoms with Gasteiger partial charge in [-0.15, -0.1) is 0 Å². The van der Waals surface area contributed by atoms with Crippen molar-refractivity contribution in [3.63, 3.8) is 0 Å². The number of aliphatic carboxylic acids is 1. The summed E-state index contributed by atoms with van der Waals surface area (Å²) >= 11 is 28.4. The van der Waals surface area contributed by atoms with E-state index in [-0.39, 0.29) is 20.6 Å². The van der Waals surface area contributed by atoms with Crippen LogP contribution in [0, 0.1) is 0 Å². The molecule has 0 radical (unpaired) electrons. The molecule has 0 atom stereocenters. The summed E-state index contributed by atoms with van der Waals surface area (Å²) in [5.41, 5.74) is -0.0191. The quantitative estimate of drug-likeness (QED) is 0.651. The molecule has 0 aliphatic rings. The summed E-state index contributed by atoms with van der Waals surface area (Å²) in [6.07, 6.45) is 0. The van der Waals surface area contributed by atoms with Gasteiger partial charge >= 0.3 is 5.97 Å². The van der Waals surface area contributed by atoms with Gasteiger partial charge in [-0.2, -0.15) is 0 Å². The molecule has 0 bridgehead atoms. The summed E-state index contributed by atoms with van der Waals surface area (Å²) in [4.78, 5) is 10.8. The average Bonchev–Trinajstić information content (AvgIpc) is 2.13. The molecule has 0 aromatic heterocycles. The Bertz CT molecular complexity index is 416. The fraction of sp³-hybridized carbons (Fsp3) is 0.125. The first kappa shape index (κ1) is 13.2. The second-order valence-corrected chi connectivity index (χ2v) is 5.09. The van der Waals surface area contributed by atoms with E-state index in [0.717, 1.165) is 0 Å². The molecule has 0 aliphatic carbocycles. The Hall–Kier alpha value is 0.140. The van der Waals surface area contributed by atoms with Gasteiger partial charge < -0.3 is 5.11 Å². The lowest BCUT2D eigenvalue weighted by Crippen LogP contribution is -2.23. The van der Waals surface area contributed by atoms with Crippen LogP contribution in [0.25, 0.3) is 0 Å². The fourth-order valence-electron chi connectivity index (χ4n) is 0.884. The van der Waals surface area contributed by atoms with E-state index in [4.69, 9.17) is 63.1 Å². The van der Waals surface area contributed by atoms with Crippen LogP contribution in [0.1, 0.15) is 5.56 Å². The predicted octanol–water partition coefficient (Wildman–Crippen LogP) is 4.36. The van der Waals surface area contributed by atoms with Gasteiger partial charge in [0.15, 0.2) is 0 Å². The van der Waals surface area contributed by atoms with Crippen LogP contribution in [0.15, 0.2) is 12.1 Å². The third kappa shape index (κ3) is 2.45. The zero-order chi connectivity index (χ0) is 11.8. The second-order valence-electron chi connectivity index (χ2n) is 2.60. The van der Waals surface area contributed by atoms with Gasteiger partial charge in [-0.3, -0.25) is 0 Å². The molecule has 0 spiro atoms. The maximum absolute atomic E-state index is 10.8. The first-order valence-electron chi connectivity index (χ1n) is 3.53. The maximum Gasteiger partial charge on any atom is 0.344 e. The van der Waals surface area contributed by atoms with Crippen LogP contribution >= 0.6 is 58.0 Å². The van der Waals surface area contributed by atoms with Gasteiger partial charge in [-0.25, -0.2) is 4.79 Å². The van der Waals surface area contributed by atoms with Gasteiger partial charge in [-0.1, -0.05) is 64.1 Å². The first-order chi connectivity index (χ1) is 6.78. The molecular weight excluding hydrogens is 305 g/mol. The van der Waals surface area contributed by atoms with Crippen molar-refractivity contribution in [1.29, 1.82) is 0 Å². The Labute approximate surface area is 111 Å². The third-order valence-electron chi connectivity index (χ3n) is 1.64. The molecule has 7 heteroatoms. The van der Waals surface area contributed by atoms with Crippen molar-refractivity contribution < 1.29 is 9.90 Å². The number of rotatable bonds is 2. The molecule has 0 heterocycles. The van der Waals surface area contributed by atoms with Gasteiger partial charge in [0.25, 0.3) is 0 Å². The number of hydrogen-bond donors (Lipinski definition) is 1. The van der Waals surface area contributed by atoms with E-state index < -0.39 is 10.3 Å². The molecule has 1 N–H and O–H groups in total. The van der Waals surface area contributed by atoms with Crippen LogP contribution in [0.3, 0.4) is 0 Å². The van der Waals surface area contributed by atoms with Crippen molar-refractivity contribution in [3.05, 3.63) is 32.8 Å². The number of hydrogen-bond acceptors (Lipinski definition) is 1. The minimum absolute atomic E-state index is 0.0164. The number of benzene rings is 1. The maximum atomic E-state index is 10.8. The molecule has 0 amide bonds. The molecule has 0 aliphatic heterocycles. The van der Waals surface area contributed by atoms with Crippen LogP contribution in [-0.2, 0) is 9.13 Å². The summed E-state index contributed by atoms with van der Waals surface area (Å²) in [6.45, 7) is 0. The highest BCUT2D eigenvalue weighted by molar-refractivity contribution is 6.58. The Morgan fingerprint density at radius 3 is 2.13 bits per heavy atom. The van der Waals surface area contributed by atoms with E-state index in [9.17, 15) is 4.79 Å². The summed E-state index contributed by atoms with van der Waals surface area (Å²) < 4.78 is -2.15. The number of carbonyl (C=O) groups is 1. The first-order valence-corrected chi connectivity index (χ1v) is 5.42. The van der Waals surface area contributed by atoms with E-state index in [1.165, 1.54) is 12.1 Å². The molecule has 15 heavy (non-hydrogen) atoms. The monoisotopic (exact) mass is 306 g/mol. The normalized spacial score (nSPS) is 11.5.